The average Bonchev–Trinajstić information content (AvgIpc) is 3.16. The number of fused-ring (bicyclic) bond motifs is 1. The zero-order chi connectivity index (χ0) is 18.1. The molecule has 0 aliphatic rings. The van der Waals surface area contributed by atoms with E-state index in [4.69, 9.17) is 17.3 Å². The maximum atomic E-state index is 12.4. The monoisotopic (exact) mass is 365 g/mol. The molecule has 0 fully saturated rings. The van der Waals surface area contributed by atoms with Crippen LogP contribution in [-0.2, 0) is 0 Å². The summed E-state index contributed by atoms with van der Waals surface area (Å²) < 4.78 is 0. The lowest BCUT2D eigenvalue weighted by Crippen LogP contribution is -2.05. The Morgan fingerprint density at radius 3 is 2.81 bits per heavy atom. The lowest BCUT2D eigenvalue weighted by Gasteiger charge is -2.10. The van der Waals surface area contributed by atoms with E-state index < -0.39 is 0 Å². The third-order valence-electron chi connectivity index (χ3n) is 3.73. The fourth-order valence-corrected chi connectivity index (χ4v) is 2.77. The van der Waals surface area contributed by atoms with Crippen molar-refractivity contribution in [2.45, 2.75) is 0 Å². The zero-order valence-corrected chi connectivity index (χ0v) is 14.0. The van der Waals surface area contributed by atoms with Crippen molar-refractivity contribution in [2.75, 3.05) is 11.1 Å². The first-order valence-corrected chi connectivity index (χ1v) is 7.96. The zero-order valence-electron chi connectivity index (χ0n) is 13.3. The molecule has 4 aromatic rings. The number of ketones is 1. The molecule has 26 heavy (non-hydrogen) atoms. The summed E-state index contributed by atoms with van der Waals surface area (Å²) >= 11 is 6.29. The van der Waals surface area contributed by atoms with Crippen LogP contribution < -0.4 is 11.1 Å². The van der Waals surface area contributed by atoms with E-state index in [1.165, 1.54) is 12.5 Å². The molecule has 0 atom stereocenters. The standard InChI is InChI=1S/C17H12ClN7O/c18-12-5-9(1-2-10(12)15(26)17-20-3-4-21-17)25-16-11-6-14(19)22-7-13(11)23-8-24-16/h1-8H,(H2,19,22)(H,20,21)(H,23,24,25). The molecule has 4 N–H and O–H groups in total. The Morgan fingerprint density at radius 2 is 2.04 bits per heavy atom. The summed E-state index contributed by atoms with van der Waals surface area (Å²) in [6, 6.07) is 6.71. The number of H-pyrrole nitrogens is 1. The number of hydrogen-bond acceptors (Lipinski definition) is 7. The van der Waals surface area contributed by atoms with Gasteiger partial charge < -0.3 is 16.0 Å². The van der Waals surface area contributed by atoms with Crippen molar-refractivity contribution in [1.29, 1.82) is 0 Å². The van der Waals surface area contributed by atoms with Gasteiger partial charge in [-0.15, -0.1) is 0 Å². The fourth-order valence-electron chi connectivity index (χ4n) is 2.51. The maximum Gasteiger partial charge on any atom is 0.229 e. The second-order valence-electron chi connectivity index (χ2n) is 5.44. The lowest BCUT2D eigenvalue weighted by atomic mass is 10.1. The van der Waals surface area contributed by atoms with Crippen LogP contribution in [0.15, 0.2) is 49.2 Å². The molecule has 0 radical (unpaired) electrons. The van der Waals surface area contributed by atoms with Gasteiger partial charge in [0.2, 0.25) is 5.78 Å². The number of aromatic nitrogens is 5. The van der Waals surface area contributed by atoms with Crippen LogP contribution in [0.2, 0.25) is 5.02 Å². The summed E-state index contributed by atoms with van der Waals surface area (Å²) in [5.74, 6) is 0.883. The predicted octanol–water partition coefficient (Wildman–Crippen LogP) is 2.96. The maximum absolute atomic E-state index is 12.4. The number of carbonyl (C=O) groups excluding carboxylic acids is 1. The Balaban J connectivity index is 1.67. The van der Waals surface area contributed by atoms with Gasteiger partial charge in [-0.2, -0.15) is 0 Å². The molecule has 8 nitrogen and oxygen atoms in total. The minimum Gasteiger partial charge on any atom is -0.384 e. The molecule has 3 aromatic heterocycles. The summed E-state index contributed by atoms with van der Waals surface area (Å²) in [7, 11) is 0. The van der Waals surface area contributed by atoms with Crippen molar-refractivity contribution in [3.05, 3.63) is 65.6 Å². The van der Waals surface area contributed by atoms with Crippen molar-refractivity contribution >= 4 is 45.6 Å². The predicted molar refractivity (Wildman–Crippen MR) is 98.5 cm³/mol. The van der Waals surface area contributed by atoms with E-state index >= 15 is 0 Å². The second kappa shape index (κ2) is 6.41. The number of nitrogen functional groups attached to an aromatic ring is 1. The summed E-state index contributed by atoms with van der Waals surface area (Å²) in [6.07, 6.45) is 6.10. The summed E-state index contributed by atoms with van der Waals surface area (Å²) in [5.41, 5.74) is 7.43. The molecule has 1 aromatic carbocycles. The molecule has 0 unspecified atom stereocenters. The van der Waals surface area contributed by atoms with Crippen LogP contribution in [0.1, 0.15) is 16.2 Å². The number of anilines is 3. The molecule has 9 heteroatoms. The Hall–Kier alpha value is -3.52. The highest BCUT2D eigenvalue weighted by Crippen LogP contribution is 2.27. The number of benzene rings is 1. The highest BCUT2D eigenvalue weighted by atomic mass is 35.5. The summed E-state index contributed by atoms with van der Waals surface area (Å²) in [4.78, 5) is 31.5. The molecule has 128 valence electrons. The number of carbonyl (C=O) groups is 1. The van der Waals surface area contributed by atoms with Gasteiger partial charge in [0.1, 0.15) is 18.0 Å². The van der Waals surface area contributed by atoms with Gasteiger partial charge in [0.05, 0.1) is 16.7 Å². The number of nitrogens with one attached hydrogen (secondary N) is 2. The molecule has 0 saturated heterocycles. The van der Waals surface area contributed by atoms with Gasteiger partial charge in [0.25, 0.3) is 0 Å². The normalized spacial score (nSPS) is 10.8. The number of rotatable bonds is 4. The number of nitrogens with two attached hydrogens (primary N) is 1. The Labute approximate surface area is 152 Å². The van der Waals surface area contributed by atoms with Gasteiger partial charge in [-0.25, -0.2) is 19.9 Å². The highest BCUT2D eigenvalue weighted by Gasteiger charge is 2.15. The Kier molecular flexibility index (Phi) is 3.94. The minimum atomic E-state index is -0.280. The summed E-state index contributed by atoms with van der Waals surface area (Å²) in [6.45, 7) is 0. The molecular weight excluding hydrogens is 354 g/mol. The first-order valence-electron chi connectivity index (χ1n) is 7.59. The smallest absolute Gasteiger partial charge is 0.229 e. The highest BCUT2D eigenvalue weighted by molar-refractivity contribution is 6.35. The molecule has 0 amide bonds. The van der Waals surface area contributed by atoms with Crippen LogP contribution in [0.25, 0.3) is 10.9 Å². The van der Waals surface area contributed by atoms with E-state index in [1.54, 1.807) is 36.7 Å². The largest absolute Gasteiger partial charge is 0.384 e. The Morgan fingerprint density at radius 1 is 1.15 bits per heavy atom. The van der Waals surface area contributed by atoms with E-state index in [1.807, 2.05) is 0 Å². The number of pyridine rings is 1. The van der Waals surface area contributed by atoms with Gasteiger partial charge >= 0.3 is 0 Å². The molecule has 0 bridgehead atoms. The van der Waals surface area contributed by atoms with Gasteiger partial charge in [0.15, 0.2) is 5.82 Å². The molecular formula is C17H12ClN7O. The van der Waals surface area contributed by atoms with Gasteiger partial charge in [-0.05, 0) is 24.3 Å². The number of imidazole rings is 1. The Bertz CT molecular complexity index is 1110. The van der Waals surface area contributed by atoms with E-state index in [9.17, 15) is 4.79 Å². The van der Waals surface area contributed by atoms with Crippen molar-refractivity contribution < 1.29 is 4.79 Å². The molecule has 0 aliphatic heterocycles. The van der Waals surface area contributed by atoms with Crippen LogP contribution in [0, 0.1) is 0 Å². The van der Waals surface area contributed by atoms with E-state index in [0.29, 0.717) is 33.4 Å². The minimum absolute atomic E-state index is 0.234. The van der Waals surface area contributed by atoms with E-state index in [-0.39, 0.29) is 11.6 Å². The van der Waals surface area contributed by atoms with Gasteiger partial charge in [0, 0.05) is 29.0 Å². The van der Waals surface area contributed by atoms with E-state index in [2.05, 4.69) is 30.2 Å². The topological polar surface area (TPSA) is 122 Å². The van der Waals surface area contributed by atoms with Crippen molar-refractivity contribution in [2.24, 2.45) is 0 Å². The number of halogens is 1. The van der Waals surface area contributed by atoms with Crippen molar-refractivity contribution in [3.8, 4) is 0 Å². The number of hydrogen-bond donors (Lipinski definition) is 3. The van der Waals surface area contributed by atoms with Crippen LogP contribution in [-0.4, -0.2) is 30.7 Å². The van der Waals surface area contributed by atoms with Gasteiger partial charge in [-0.3, -0.25) is 4.79 Å². The third-order valence-corrected chi connectivity index (χ3v) is 4.05. The van der Waals surface area contributed by atoms with Crippen LogP contribution in [0.5, 0.6) is 0 Å². The number of nitrogens with zero attached hydrogens (tertiary/aromatic N) is 4. The van der Waals surface area contributed by atoms with Crippen LogP contribution in [0.4, 0.5) is 17.3 Å². The van der Waals surface area contributed by atoms with Crippen molar-refractivity contribution in [3.63, 3.8) is 0 Å². The molecule has 0 spiro atoms. The van der Waals surface area contributed by atoms with Gasteiger partial charge in [-0.1, -0.05) is 11.6 Å². The molecule has 0 saturated carbocycles. The van der Waals surface area contributed by atoms with Crippen LogP contribution in [0.3, 0.4) is 0 Å². The number of aromatic amines is 1. The van der Waals surface area contributed by atoms with E-state index in [0.717, 1.165) is 5.39 Å². The quantitative estimate of drug-likeness (QED) is 0.475. The lowest BCUT2D eigenvalue weighted by molar-refractivity contribution is 0.103. The van der Waals surface area contributed by atoms with Crippen molar-refractivity contribution in [1.82, 2.24) is 24.9 Å². The summed E-state index contributed by atoms with van der Waals surface area (Å²) in [5, 5.41) is 4.19. The second-order valence-corrected chi connectivity index (χ2v) is 5.84. The average molecular weight is 366 g/mol. The van der Waals surface area contributed by atoms with Crippen LogP contribution >= 0.6 is 11.6 Å². The molecule has 0 aliphatic carbocycles. The SMILES string of the molecule is Nc1cc2c(Nc3ccc(C(=O)c4ncc[nH]4)c(Cl)c3)ncnc2cn1. The first-order chi connectivity index (χ1) is 12.6. The third kappa shape index (κ3) is 2.93. The fraction of sp³-hybridized carbons (Fsp3) is 0. The molecule has 3 heterocycles. The molecule has 4 rings (SSSR count). The first kappa shape index (κ1) is 16.0.